The fourth-order valence-corrected chi connectivity index (χ4v) is 0.810. The Hall–Kier alpha value is -1.08. The lowest BCUT2D eigenvalue weighted by Crippen LogP contribution is -1.83. The summed E-state index contributed by atoms with van der Waals surface area (Å²) in [5, 5.41) is 0.514. The fraction of sp³-hybridized carbons (Fsp3) is 0.100. The van der Waals surface area contributed by atoms with Gasteiger partial charge in [0.15, 0.2) is 0 Å². The van der Waals surface area contributed by atoms with E-state index >= 15 is 0 Å². The van der Waals surface area contributed by atoms with Crippen LogP contribution in [0, 0.1) is 0 Å². The number of nitrogens with zero attached hydrogens (tertiary/aromatic N) is 1. The molecule has 0 aliphatic rings. The first-order chi connectivity index (χ1) is 5.70. The van der Waals surface area contributed by atoms with Crippen molar-refractivity contribution in [1.29, 1.82) is 0 Å². The molecule has 0 N–H and O–H groups in total. The summed E-state index contributed by atoms with van der Waals surface area (Å²) in [6.45, 7) is 11.6. The third-order valence-corrected chi connectivity index (χ3v) is 1.36. The summed E-state index contributed by atoms with van der Waals surface area (Å²) < 4.78 is 0. The molecule has 0 unspecified atom stereocenters. The fourth-order valence-electron chi connectivity index (χ4n) is 0.646. The Balaban J connectivity index is 0.000000561. The smallest absolute Gasteiger partial charge is 0.129 e. The second kappa shape index (κ2) is 5.56. The molecule has 1 rings (SSSR count). The minimum Gasteiger partial charge on any atom is -0.236 e. The molecule has 0 saturated heterocycles. The van der Waals surface area contributed by atoms with Gasteiger partial charge >= 0.3 is 0 Å². The van der Waals surface area contributed by atoms with Crippen LogP contribution in [0.4, 0.5) is 0 Å². The summed E-state index contributed by atoms with van der Waals surface area (Å²) in [7, 11) is 0. The normalized spacial score (nSPS) is 8.17. The highest BCUT2D eigenvalue weighted by Crippen LogP contribution is 2.11. The molecule has 0 fully saturated rings. The number of hydrogen-bond acceptors (Lipinski definition) is 1. The zero-order valence-electron chi connectivity index (χ0n) is 7.18. The van der Waals surface area contributed by atoms with E-state index in [1.165, 1.54) is 0 Å². The number of rotatable bonds is 1. The molecule has 0 bridgehead atoms. The highest BCUT2D eigenvalue weighted by atomic mass is 35.5. The van der Waals surface area contributed by atoms with Crippen LogP contribution in [0.2, 0.25) is 5.15 Å². The van der Waals surface area contributed by atoms with E-state index in [2.05, 4.69) is 24.7 Å². The third-order valence-electron chi connectivity index (χ3n) is 1.15. The van der Waals surface area contributed by atoms with Crippen molar-refractivity contribution in [2.75, 3.05) is 0 Å². The molecule has 0 aliphatic carbocycles. The van der Waals surface area contributed by atoms with Gasteiger partial charge in [-0.15, -0.1) is 13.2 Å². The third kappa shape index (κ3) is 3.35. The summed E-state index contributed by atoms with van der Waals surface area (Å²) in [6.07, 6.45) is 0. The highest BCUT2D eigenvalue weighted by molar-refractivity contribution is 6.29. The van der Waals surface area contributed by atoms with E-state index in [0.29, 0.717) is 5.15 Å². The van der Waals surface area contributed by atoms with Crippen LogP contribution in [0.3, 0.4) is 0 Å². The van der Waals surface area contributed by atoms with Crippen molar-refractivity contribution in [3.63, 3.8) is 0 Å². The lowest BCUT2D eigenvalue weighted by Gasteiger charge is -1.96. The van der Waals surface area contributed by atoms with Gasteiger partial charge in [-0.1, -0.05) is 24.2 Å². The first kappa shape index (κ1) is 10.9. The predicted molar refractivity (Wildman–Crippen MR) is 55.2 cm³/mol. The molecular weight excluding hydrogens is 170 g/mol. The molecule has 1 heterocycles. The number of allylic oxidation sites excluding steroid dienone is 1. The monoisotopic (exact) mass is 181 g/mol. The zero-order chi connectivity index (χ0) is 9.56. The molecule has 0 atom stereocenters. The largest absolute Gasteiger partial charge is 0.236 e. The van der Waals surface area contributed by atoms with Crippen LogP contribution < -0.4 is 0 Å². The Labute approximate surface area is 78.4 Å². The topological polar surface area (TPSA) is 12.9 Å². The quantitative estimate of drug-likeness (QED) is 0.477. The Morgan fingerprint density at radius 1 is 1.42 bits per heavy atom. The Morgan fingerprint density at radius 2 is 2.00 bits per heavy atom. The van der Waals surface area contributed by atoms with Crippen molar-refractivity contribution < 1.29 is 0 Å². The Bertz CT molecular complexity index is 268. The number of pyridine rings is 1. The molecule has 0 radical (unpaired) electrons. The number of hydrogen-bond donors (Lipinski definition) is 0. The Morgan fingerprint density at radius 3 is 2.33 bits per heavy atom. The number of halogens is 1. The van der Waals surface area contributed by atoms with E-state index in [-0.39, 0.29) is 0 Å². The summed E-state index contributed by atoms with van der Waals surface area (Å²) in [4.78, 5) is 4.04. The van der Waals surface area contributed by atoms with Crippen LogP contribution in [0.25, 0.3) is 5.57 Å². The maximum absolute atomic E-state index is 5.64. The van der Waals surface area contributed by atoms with Crippen LogP contribution in [0.15, 0.2) is 37.9 Å². The van der Waals surface area contributed by atoms with Crippen LogP contribution in [0.1, 0.15) is 12.6 Å². The number of aromatic nitrogens is 1. The summed E-state index contributed by atoms with van der Waals surface area (Å²) in [5.74, 6) is 0. The van der Waals surface area contributed by atoms with Gasteiger partial charge in [0.1, 0.15) is 5.15 Å². The molecule has 1 aromatic rings. The van der Waals surface area contributed by atoms with Crippen molar-refractivity contribution in [3.05, 3.63) is 48.8 Å². The van der Waals surface area contributed by atoms with Crippen LogP contribution in [-0.4, -0.2) is 4.98 Å². The average molecular weight is 182 g/mol. The van der Waals surface area contributed by atoms with E-state index < -0.39 is 0 Å². The van der Waals surface area contributed by atoms with Gasteiger partial charge in [0.2, 0.25) is 0 Å². The highest BCUT2D eigenvalue weighted by Gasteiger charge is 1.93. The summed E-state index contributed by atoms with van der Waals surface area (Å²) in [6, 6.07) is 5.49. The van der Waals surface area contributed by atoms with Crippen LogP contribution in [-0.2, 0) is 0 Å². The van der Waals surface area contributed by atoms with Crippen molar-refractivity contribution in [3.8, 4) is 0 Å². The molecule has 2 heteroatoms. The molecule has 0 amide bonds. The van der Waals surface area contributed by atoms with Gasteiger partial charge < -0.3 is 0 Å². The first-order valence-corrected chi connectivity index (χ1v) is 3.86. The average Bonchev–Trinajstić information content (AvgIpc) is 2.08. The molecule has 0 spiro atoms. The van der Waals surface area contributed by atoms with E-state index in [1.54, 1.807) is 6.07 Å². The van der Waals surface area contributed by atoms with E-state index in [9.17, 15) is 0 Å². The maximum atomic E-state index is 5.64. The molecular formula is C10H12ClN. The first-order valence-electron chi connectivity index (χ1n) is 3.48. The molecule has 0 saturated carbocycles. The second-order valence-corrected chi connectivity index (χ2v) is 2.51. The van der Waals surface area contributed by atoms with Crippen molar-refractivity contribution in [2.45, 2.75) is 6.92 Å². The van der Waals surface area contributed by atoms with Gasteiger partial charge in [-0.25, -0.2) is 4.98 Å². The van der Waals surface area contributed by atoms with E-state index in [0.717, 1.165) is 11.3 Å². The maximum Gasteiger partial charge on any atom is 0.129 e. The molecule has 64 valence electrons. The zero-order valence-corrected chi connectivity index (χ0v) is 7.93. The van der Waals surface area contributed by atoms with Crippen LogP contribution in [0.5, 0.6) is 0 Å². The molecule has 12 heavy (non-hydrogen) atoms. The minimum absolute atomic E-state index is 0.514. The van der Waals surface area contributed by atoms with Gasteiger partial charge in [-0.3, -0.25) is 0 Å². The minimum atomic E-state index is 0.514. The van der Waals surface area contributed by atoms with Crippen molar-refractivity contribution in [1.82, 2.24) is 4.98 Å². The second-order valence-electron chi connectivity index (χ2n) is 2.13. The van der Waals surface area contributed by atoms with E-state index in [4.69, 9.17) is 11.6 Å². The van der Waals surface area contributed by atoms with Crippen LogP contribution >= 0.6 is 11.6 Å². The summed E-state index contributed by atoms with van der Waals surface area (Å²) >= 11 is 5.64. The predicted octanol–water partition coefficient (Wildman–Crippen LogP) is 3.57. The molecule has 0 aromatic carbocycles. The summed E-state index contributed by atoms with van der Waals surface area (Å²) in [5.41, 5.74) is 1.79. The SMILES string of the molecule is C=C.C=C(C)c1cccc(Cl)n1. The van der Waals surface area contributed by atoms with E-state index in [1.807, 2.05) is 19.1 Å². The lowest BCUT2D eigenvalue weighted by molar-refractivity contribution is 1.27. The standard InChI is InChI=1S/C8H8ClN.C2H4/c1-6(2)7-4-3-5-8(9)10-7;1-2/h3-5H,1H2,2H3;1-2H2. The van der Waals surface area contributed by atoms with Gasteiger partial charge in [-0.2, -0.15) is 0 Å². The lowest BCUT2D eigenvalue weighted by atomic mass is 10.2. The molecule has 0 aliphatic heterocycles. The van der Waals surface area contributed by atoms with Gasteiger partial charge in [0.05, 0.1) is 5.69 Å². The van der Waals surface area contributed by atoms with Gasteiger partial charge in [0, 0.05) is 0 Å². The molecule has 1 aromatic heterocycles. The van der Waals surface area contributed by atoms with Crippen molar-refractivity contribution in [2.24, 2.45) is 0 Å². The van der Waals surface area contributed by atoms with Gasteiger partial charge in [-0.05, 0) is 24.6 Å². The molecule has 1 nitrogen and oxygen atoms in total. The Kier molecular flexibility index (Phi) is 5.06. The van der Waals surface area contributed by atoms with Crippen molar-refractivity contribution >= 4 is 17.2 Å². The van der Waals surface area contributed by atoms with Gasteiger partial charge in [0.25, 0.3) is 0 Å².